The topological polar surface area (TPSA) is 66.7 Å². The molecule has 1 heterocycles. The van der Waals surface area contributed by atoms with Gasteiger partial charge in [0.2, 0.25) is 5.91 Å². The molecule has 1 aromatic carbocycles. The minimum Gasteiger partial charge on any atom is -0.368 e. The summed E-state index contributed by atoms with van der Waals surface area (Å²) in [5.74, 6) is 0.259. The smallest absolute Gasteiger partial charge is 0.269 e. The molecule has 1 aliphatic heterocycles. The van der Waals surface area contributed by atoms with Crippen molar-refractivity contribution in [2.24, 2.45) is 0 Å². The van der Waals surface area contributed by atoms with Crippen LogP contribution in [0.15, 0.2) is 24.3 Å². The van der Waals surface area contributed by atoms with Gasteiger partial charge in [-0.1, -0.05) is 32.6 Å². The number of nitro groups is 1. The summed E-state index contributed by atoms with van der Waals surface area (Å²) in [5.41, 5.74) is 1.09. The van der Waals surface area contributed by atoms with Gasteiger partial charge in [-0.15, -0.1) is 0 Å². The van der Waals surface area contributed by atoms with E-state index in [9.17, 15) is 14.9 Å². The van der Waals surface area contributed by atoms with Gasteiger partial charge < -0.3 is 9.80 Å². The molecule has 0 N–H and O–H groups in total. The summed E-state index contributed by atoms with van der Waals surface area (Å²) >= 11 is 0. The normalized spacial score (nSPS) is 14.7. The van der Waals surface area contributed by atoms with Crippen molar-refractivity contribution in [3.8, 4) is 0 Å². The van der Waals surface area contributed by atoms with E-state index in [-0.39, 0.29) is 16.5 Å². The molecule has 0 spiro atoms. The fourth-order valence-corrected chi connectivity index (χ4v) is 3.04. The van der Waals surface area contributed by atoms with Crippen LogP contribution < -0.4 is 4.90 Å². The molecule has 0 radical (unpaired) electrons. The maximum atomic E-state index is 12.2. The van der Waals surface area contributed by atoms with Crippen LogP contribution in [0.1, 0.15) is 45.4 Å². The van der Waals surface area contributed by atoms with Gasteiger partial charge >= 0.3 is 0 Å². The quantitative estimate of drug-likeness (QED) is 0.414. The molecule has 1 aromatic rings. The lowest BCUT2D eigenvalue weighted by Gasteiger charge is -2.36. The van der Waals surface area contributed by atoms with E-state index in [0.29, 0.717) is 6.42 Å². The van der Waals surface area contributed by atoms with Crippen molar-refractivity contribution in [3.05, 3.63) is 34.4 Å². The van der Waals surface area contributed by atoms with Gasteiger partial charge in [0.1, 0.15) is 0 Å². The van der Waals surface area contributed by atoms with Crippen molar-refractivity contribution >= 4 is 17.3 Å². The Morgan fingerprint density at radius 3 is 2.25 bits per heavy atom. The molecule has 2 rings (SSSR count). The monoisotopic (exact) mass is 333 g/mol. The second kappa shape index (κ2) is 9.25. The van der Waals surface area contributed by atoms with Crippen LogP contribution in [0.2, 0.25) is 0 Å². The van der Waals surface area contributed by atoms with E-state index in [1.807, 2.05) is 4.90 Å². The number of carbonyl (C=O) groups is 1. The number of hydrogen-bond acceptors (Lipinski definition) is 4. The van der Waals surface area contributed by atoms with Gasteiger partial charge in [-0.3, -0.25) is 14.9 Å². The van der Waals surface area contributed by atoms with E-state index in [4.69, 9.17) is 0 Å². The minimum absolute atomic E-state index is 0.107. The Bertz CT molecular complexity index is 537. The summed E-state index contributed by atoms with van der Waals surface area (Å²) in [4.78, 5) is 26.7. The van der Waals surface area contributed by atoms with Gasteiger partial charge in [-0.2, -0.15) is 0 Å². The van der Waals surface area contributed by atoms with Crippen molar-refractivity contribution in [3.63, 3.8) is 0 Å². The number of carbonyl (C=O) groups excluding carboxylic acids is 1. The maximum Gasteiger partial charge on any atom is 0.269 e. The average Bonchev–Trinajstić information content (AvgIpc) is 2.61. The van der Waals surface area contributed by atoms with Crippen molar-refractivity contribution in [1.29, 1.82) is 0 Å². The zero-order valence-corrected chi connectivity index (χ0v) is 14.4. The molecule has 0 bridgehead atoms. The molecule has 6 heteroatoms. The first-order chi connectivity index (χ1) is 11.6. The van der Waals surface area contributed by atoms with Gasteiger partial charge in [0, 0.05) is 50.4 Å². The van der Waals surface area contributed by atoms with E-state index >= 15 is 0 Å². The van der Waals surface area contributed by atoms with Gasteiger partial charge in [-0.05, 0) is 18.6 Å². The molecule has 6 nitrogen and oxygen atoms in total. The molecular weight excluding hydrogens is 306 g/mol. The van der Waals surface area contributed by atoms with Crippen LogP contribution >= 0.6 is 0 Å². The largest absolute Gasteiger partial charge is 0.368 e. The lowest BCUT2D eigenvalue weighted by molar-refractivity contribution is -0.384. The third-order valence-electron chi connectivity index (χ3n) is 4.55. The van der Waals surface area contributed by atoms with E-state index in [1.54, 1.807) is 12.1 Å². The molecule has 0 aliphatic carbocycles. The predicted molar refractivity (Wildman–Crippen MR) is 95.3 cm³/mol. The third kappa shape index (κ3) is 5.22. The zero-order valence-electron chi connectivity index (χ0n) is 14.4. The Labute approximate surface area is 143 Å². The van der Waals surface area contributed by atoms with Crippen molar-refractivity contribution in [1.82, 2.24) is 4.90 Å². The Morgan fingerprint density at radius 2 is 1.67 bits per heavy atom. The lowest BCUT2D eigenvalue weighted by Crippen LogP contribution is -2.48. The van der Waals surface area contributed by atoms with Crippen LogP contribution in [0.25, 0.3) is 0 Å². The van der Waals surface area contributed by atoms with E-state index < -0.39 is 0 Å². The first-order valence-electron chi connectivity index (χ1n) is 8.89. The van der Waals surface area contributed by atoms with Crippen molar-refractivity contribution in [2.45, 2.75) is 45.4 Å². The average molecular weight is 333 g/mol. The van der Waals surface area contributed by atoms with Gasteiger partial charge in [0.25, 0.3) is 5.69 Å². The van der Waals surface area contributed by atoms with Crippen LogP contribution in [0.3, 0.4) is 0 Å². The minimum atomic E-state index is -0.388. The summed E-state index contributed by atoms with van der Waals surface area (Å²) < 4.78 is 0. The predicted octanol–water partition coefficient (Wildman–Crippen LogP) is 3.60. The molecule has 1 aliphatic rings. The van der Waals surface area contributed by atoms with Gasteiger partial charge in [-0.25, -0.2) is 0 Å². The molecule has 0 saturated carbocycles. The summed E-state index contributed by atoms with van der Waals surface area (Å²) in [5, 5.41) is 10.7. The van der Waals surface area contributed by atoms with Crippen LogP contribution in [0.4, 0.5) is 11.4 Å². The molecule has 1 saturated heterocycles. The lowest BCUT2D eigenvalue weighted by atomic mass is 10.1. The highest BCUT2D eigenvalue weighted by Crippen LogP contribution is 2.21. The molecule has 0 aromatic heterocycles. The second-order valence-corrected chi connectivity index (χ2v) is 6.31. The Morgan fingerprint density at radius 1 is 1.04 bits per heavy atom. The van der Waals surface area contributed by atoms with Crippen molar-refractivity contribution in [2.75, 3.05) is 31.1 Å². The van der Waals surface area contributed by atoms with Crippen LogP contribution in [-0.2, 0) is 4.79 Å². The number of unbranched alkanes of at least 4 members (excludes halogenated alkanes) is 4. The van der Waals surface area contributed by atoms with E-state index in [2.05, 4.69) is 11.8 Å². The molecule has 0 atom stereocenters. The number of amides is 1. The number of anilines is 1. The summed E-state index contributed by atoms with van der Waals surface area (Å²) in [6.45, 7) is 5.20. The zero-order chi connectivity index (χ0) is 17.4. The summed E-state index contributed by atoms with van der Waals surface area (Å²) in [7, 11) is 0. The first kappa shape index (κ1) is 18.2. The molecule has 1 amide bonds. The van der Waals surface area contributed by atoms with Crippen LogP contribution in [0.5, 0.6) is 0 Å². The SMILES string of the molecule is CCCCCCCC(=O)N1CCN(c2ccc([N+](=O)[O-])cc2)CC1. The summed E-state index contributed by atoms with van der Waals surface area (Å²) in [6.07, 6.45) is 6.48. The van der Waals surface area contributed by atoms with E-state index in [1.165, 1.54) is 31.4 Å². The molecular formula is C18H27N3O3. The standard InChI is InChI=1S/C18H27N3O3/c1-2-3-4-5-6-7-18(22)20-14-12-19(13-15-20)16-8-10-17(11-9-16)21(23)24/h8-11H,2-7,12-15H2,1H3. The molecule has 0 unspecified atom stereocenters. The number of benzene rings is 1. The van der Waals surface area contributed by atoms with Crippen LogP contribution in [-0.4, -0.2) is 41.9 Å². The fraction of sp³-hybridized carbons (Fsp3) is 0.611. The molecule has 132 valence electrons. The van der Waals surface area contributed by atoms with E-state index in [0.717, 1.165) is 44.7 Å². The number of piperazine rings is 1. The highest BCUT2D eigenvalue weighted by atomic mass is 16.6. The Hall–Kier alpha value is -2.11. The number of rotatable bonds is 8. The number of nitrogens with zero attached hydrogens (tertiary/aromatic N) is 3. The molecule has 1 fully saturated rings. The number of hydrogen-bond donors (Lipinski definition) is 0. The van der Waals surface area contributed by atoms with Crippen molar-refractivity contribution < 1.29 is 9.72 Å². The molecule has 24 heavy (non-hydrogen) atoms. The Balaban J connectivity index is 1.74. The number of nitro benzene ring substituents is 1. The highest BCUT2D eigenvalue weighted by molar-refractivity contribution is 5.76. The maximum absolute atomic E-state index is 12.2. The second-order valence-electron chi connectivity index (χ2n) is 6.31. The number of non-ortho nitro benzene ring substituents is 1. The van der Waals surface area contributed by atoms with Gasteiger partial charge in [0.05, 0.1) is 4.92 Å². The fourth-order valence-electron chi connectivity index (χ4n) is 3.04. The highest BCUT2D eigenvalue weighted by Gasteiger charge is 2.21. The van der Waals surface area contributed by atoms with Crippen LogP contribution in [0, 0.1) is 10.1 Å². The first-order valence-corrected chi connectivity index (χ1v) is 8.89. The van der Waals surface area contributed by atoms with Gasteiger partial charge in [0.15, 0.2) is 0 Å². The Kier molecular flexibility index (Phi) is 7.03. The third-order valence-corrected chi connectivity index (χ3v) is 4.55. The summed E-state index contributed by atoms with van der Waals surface area (Å²) in [6, 6.07) is 6.62.